The lowest BCUT2D eigenvalue weighted by atomic mass is 9.85. The van der Waals surface area contributed by atoms with Crippen LogP contribution < -0.4 is 10.9 Å². The van der Waals surface area contributed by atoms with Crippen LogP contribution in [0.25, 0.3) is 22.3 Å². The lowest BCUT2D eigenvalue weighted by Crippen LogP contribution is -2.53. The predicted octanol–water partition coefficient (Wildman–Crippen LogP) is 4.74. The number of aromatic nitrogens is 2. The Labute approximate surface area is 244 Å². The van der Waals surface area contributed by atoms with Crippen LogP contribution in [0.15, 0.2) is 35.1 Å². The van der Waals surface area contributed by atoms with Crippen molar-refractivity contribution in [2.75, 3.05) is 0 Å². The van der Waals surface area contributed by atoms with E-state index >= 15 is 0 Å². The van der Waals surface area contributed by atoms with Crippen LogP contribution in [-0.2, 0) is 49.0 Å². The topological polar surface area (TPSA) is 126 Å². The van der Waals surface area contributed by atoms with Gasteiger partial charge in [-0.15, -0.1) is 0 Å². The van der Waals surface area contributed by atoms with Gasteiger partial charge in [-0.3, -0.25) is 4.79 Å². The van der Waals surface area contributed by atoms with Gasteiger partial charge in [-0.25, -0.2) is 19.4 Å². The molecule has 0 radical (unpaired) electrons. The highest BCUT2D eigenvalue weighted by Crippen LogP contribution is 2.42. The molecule has 5 rings (SSSR count). The Kier molecular flexibility index (Phi) is 7.37. The monoisotopic (exact) mass is 575 g/mol. The molecular weight excluding hydrogens is 538 g/mol. The third kappa shape index (κ3) is 4.82. The zero-order chi connectivity index (χ0) is 30.6. The second-order valence-corrected chi connectivity index (χ2v) is 12.1. The number of para-hydroxylation sites is 1. The van der Waals surface area contributed by atoms with Crippen LogP contribution >= 0.6 is 0 Å². The summed E-state index contributed by atoms with van der Waals surface area (Å²) in [6.07, 6.45) is -0.0103. The molecule has 10 nitrogen and oxygen atoms in total. The number of ether oxygens (including phenoxy) is 3. The summed E-state index contributed by atoms with van der Waals surface area (Å²) in [6.45, 7) is 12.5. The number of nitrogens with one attached hydrogen (secondary N) is 1. The van der Waals surface area contributed by atoms with Gasteiger partial charge in [0.15, 0.2) is 0 Å². The van der Waals surface area contributed by atoms with Crippen LogP contribution in [0.2, 0.25) is 0 Å². The summed E-state index contributed by atoms with van der Waals surface area (Å²) in [5.74, 6) is -1.99. The first-order valence-electron chi connectivity index (χ1n) is 14.4. The number of cyclic esters (lactones) is 1. The highest BCUT2D eigenvalue weighted by atomic mass is 16.6. The minimum absolute atomic E-state index is 0.0168. The summed E-state index contributed by atoms with van der Waals surface area (Å²) in [6, 6.07) is 8.49. The molecule has 0 bridgehead atoms. The molecule has 1 aromatic carbocycles. The van der Waals surface area contributed by atoms with E-state index in [9.17, 15) is 19.2 Å². The van der Waals surface area contributed by atoms with Gasteiger partial charge in [0.25, 0.3) is 5.56 Å². The van der Waals surface area contributed by atoms with Gasteiger partial charge in [0, 0.05) is 16.5 Å². The summed E-state index contributed by atoms with van der Waals surface area (Å²) in [7, 11) is 0. The van der Waals surface area contributed by atoms with E-state index in [4.69, 9.17) is 19.2 Å². The largest absolute Gasteiger partial charge is 0.457 e. The molecule has 1 amide bonds. The number of alkyl carbamates (subject to hydrolysis) is 1. The zero-order valence-corrected chi connectivity index (χ0v) is 25.1. The number of hydrogen-bond donors (Lipinski definition) is 1. The van der Waals surface area contributed by atoms with E-state index < -0.39 is 35.3 Å². The summed E-state index contributed by atoms with van der Waals surface area (Å²) in [4.78, 5) is 58.4. The van der Waals surface area contributed by atoms with E-state index in [-0.39, 0.29) is 35.6 Å². The highest BCUT2D eigenvalue weighted by molar-refractivity contribution is 5.91. The van der Waals surface area contributed by atoms with Crippen molar-refractivity contribution in [3.8, 4) is 11.4 Å². The third-order valence-corrected chi connectivity index (χ3v) is 7.90. The molecule has 4 heterocycles. The summed E-state index contributed by atoms with van der Waals surface area (Å²) < 4.78 is 18.4. The molecule has 0 saturated heterocycles. The Bertz CT molecular complexity index is 1670. The summed E-state index contributed by atoms with van der Waals surface area (Å²) >= 11 is 0. The SMILES string of the molecule is CCc1c2c(nc3ccccc13)-c1cc3c(c(=O)n1C2)COC(=O)[C@@]3(CC)OC(=O)[C@@H](NC(=O)OC(C)(C)C)C(C)C. The number of hydrogen-bond acceptors (Lipinski definition) is 8. The van der Waals surface area contributed by atoms with Crippen LogP contribution in [0.3, 0.4) is 0 Å². The fourth-order valence-electron chi connectivity index (χ4n) is 5.84. The van der Waals surface area contributed by atoms with Crippen molar-refractivity contribution in [3.05, 3.63) is 62.9 Å². The maximum Gasteiger partial charge on any atom is 0.408 e. The first kappa shape index (κ1) is 29.3. The minimum atomic E-state index is -1.88. The molecule has 0 unspecified atom stereocenters. The average Bonchev–Trinajstić information content (AvgIpc) is 3.29. The smallest absolute Gasteiger partial charge is 0.408 e. The van der Waals surface area contributed by atoms with Gasteiger partial charge in [-0.2, -0.15) is 0 Å². The van der Waals surface area contributed by atoms with Gasteiger partial charge in [0.05, 0.1) is 29.0 Å². The molecule has 2 atom stereocenters. The Morgan fingerprint density at radius 1 is 1.14 bits per heavy atom. The Morgan fingerprint density at radius 3 is 2.50 bits per heavy atom. The van der Waals surface area contributed by atoms with Crippen molar-refractivity contribution in [1.29, 1.82) is 0 Å². The lowest BCUT2D eigenvalue weighted by molar-refractivity contribution is -0.191. The molecule has 42 heavy (non-hydrogen) atoms. The molecule has 3 aromatic rings. The van der Waals surface area contributed by atoms with Crippen molar-refractivity contribution < 1.29 is 28.6 Å². The number of esters is 2. The highest BCUT2D eigenvalue weighted by Gasteiger charge is 2.51. The number of fused-ring (bicyclic) bond motifs is 5. The van der Waals surface area contributed by atoms with E-state index in [1.54, 1.807) is 52.2 Å². The van der Waals surface area contributed by atoms with Crippen molar-refractivity contribution in [3.63, 3.8) is 0 Å². The molecule has 0 spiro atoms. The molecule has 2 aliphatic heterocycles. The third-order valence-electron chi connectivity index (χ3n) is 7.90. The van der Waals surface area contributed by atoms with Crippen molar-refractivity contribution in [2.24, 2.45) is 5.92 Å². The van der Waals surface area contributed by atoms with Gasteiger partial charge >= 0.3 is 18.0 Å². The molecule has 10 heteroatoms. The van der Waals surface area contributed by atoms with E-state index in [1.807, 2.05) is 24.3 Å². The zero-order valence-electron chi connectivity index (χ0n) is 25.1. The van der Waals surface area contributed by atoms with E-state index in [2.05, 4.69) is 12.2 Å². The fourth-order valence-corrected chi connectivity index (χ4v) is 5.84. The lowest BCUT2D eigenvalue weighted by Gasteiger charge is -2.37. The van der Waals surface area contributed by atoms with Gasteiger partial charge in [-0.1, -0.05) is 45.9 Å². The standard InChI is InChI=1S/C32H37N3O7/c1-8-18-19-12-10-11-13-23(19)33-26-20(18)15-35-24(26)14-22-21(27(35)36)16-40-29(38)32(22,9-2)41-28(37)25(17(3)4)34-30(39)42-31(5,6)7/h10-14,17,25H,8-9,15-16H2,1-7H3,(H,34,39)/t25-,32-/m0/s1. The molecule has 2 aromatic heterocycles. The van der Waals surface area contributed by atoms with Crippen LogP contribution in [-0.4, -0.2) is 39.2 Å². The van der Waals surface area contributed by atoms with Gasteiger partial charge in [-0.05, 0) is 57.2 Å². The minimum Gasteiger partial charge on any atom is -0.457 e. The number of rotatable bonds is 6. The van der Waals surface area contributed by atoms with E-state index in [0.29, 0.717) is 17.9 Å². The predicted molar refractivity (Wildman–Crippen MR) is 156 cm³/mol. The Balaban J connectivity index is 1.60. The summed E-state index contributed by atoms with van der Waals surface area (Å²) in [5.41, 5.74) is 1.69. The first-order valence-corrected chi connectivity index (χ1v) is 14.4. The number of carbonyl (C=O) groups excluding carboxylic acids is 3. The van der Waals surface area contributed by atoms with Crippen LogP contribution in [0, 0.1) is 5.92 Å². The number of nitrogens with zero attached hydrogens (tertiary/aromatic N) is 2. The molecule has 0 saturated carbocycles. The number of aryl methyl sites for hydroxylation is 1. The fraction of sp³-hybridized carbons (Fsp3) is 0.469. The maximum absolute atomic E-state index is 13.9. The van der Waals surface area contributed by atoms with Crippen LogP contribution in [0.4, 0.5) is 4.79 Å². The van der Waals surface area contributed by atoms with Crippen molar-refractivity contribution in [1.82, 2.24) is 14.9 Å². The molecule has 222 valence electrons. The maximum atomic E-state index is 13.9. The first-order chi connectivity index (χ1) is 19.8. The van der Waals surface area contributed by atoms with E-state index in [0.717, 1.165) is 28.5 Å². The van der Waals surface area contributed by atoms with E-state index in [1.165, 1.54) is 0 Å². The number of pyridine rings is 2. The van der Waals surface area contributed by atoms with Gasteiger partial charge in [0.2, 0.25) is 5.60 Å². The number of amides is 1. The molecule has 1 N–H and O–H groups in total. The average molecular weight is 576 g/mol. The van der Waals surface area contributed by atoms with Crippen LogP contribution in [0.1, 0.15) is 77.1 Å². The summed E-state index contributed by atoms with van der Waals surface area (Å²) in [5, 5.41) is 3.61. The number of carbonyl (C=O) groups is 3. The second-order valence-electron chi connectivity index (χ2n) is 12.1. The van der Waals surface area contributed by atoms with Crippen LogP contribution in [0.5, 0.6) is 0 Å². The molecule has 0 aliphatic carbocycles. The van der Waals surface area contributed by atoms with Gasteiger partial charge in [0.1, 0.15) is 18.2 Å². The Hall–Kier alpha value is -4.21. The number of benzene rings is 1. The molecule has 0 fully saturated rings. The van der Waals surface area contributed by atoms with Gasteiger partial charge < -0.3 is 24.1 Å². The normalized spacial score (nSPS) is 18.1. The molecule has 2 aliphatic rings. The van der Waals surface area contributed by atoms with Crippen molar-refractivity contribution >= 4 is 28.9 Å². The Morgan fingerprint density at radius 2 is 1.86 bits per heavy atom. The molecular formula is C32H37N3O7. The van der Waals surface area contributed by atoms with Crippen molar-refractivity contribution in [2.45, 2.75) is 91.7 Å². The second kappa shape index (κ2) is 10.6. The quantitative estimate of drug-likeness (QED) is 0.258.